The van der Waals surface area contributed by atoms with Gasteiger partial charge in [0.2, 0.25) is 5.91 Å². The monoisotopic (exact) mass is 610 g/mol. The number of rotatable bonds is 12. The smallest absolute Gasteiger partial charge is 0.249 e. The first-order valence-corrected chi connectivity index (χ1v) is 14.5. The van der Waals surface area contributed by atoms with Crippen LogP contribution < -0.4 is 34.0 Å². The highest BCUT2D eigenvalue weighted by Crippen LogP contribution is 2.33. The second-order valence-corrected chi connectivity index (χ2v) is 11.2. The number of aliphatic hydroxyl groups excluding tert-OH is 5. The summed E-state index contributed by atoms with van der Waals surface area (Å²) in [5.41, 5.74) is 29.9. The Bertz CT molecular complexity index is 849. The van der Waals surface area contributed by atoms with E-state index >= 15 is 0 Å². The summed E-state index contributed by atoms with van der Waals surface area (Å²) in [4.78, 5) is 12.8. The maximum atomic E-state index is 12.8. The number of amides is 1. The van der Waals surface area contributed by atoms with Gasteiger partial charge in [-0.3, -0.25) is 4.79 Å². The molecule has 3 rings (SSSR count). The maximum Gasteiger partial charge on any atom is 0.249 e. The van der Waals surface area contributed by atoms with Gasteiger partial charge in [0.25, 0.3) is 0 Å². The van der Waals surface area contributed by atoms with Gasteiger partial charge in [-0.15, -0.1) is 0 Å². The summed E-state index contributed by atoms with van der Waals surface area (Å²) in [5, 5.41) is 55.1. The summed E-state index contributed by atoms with van der Waals surface area (Å²) in [6.45, 7) is 3.65. The normalized spacial score (nSPS) is 45.4. The van der Waals surface area contributed by atoms with Crippen LogP contribution in [0.15, 0.2) is 0 Å². The van der Waals surface area contributed by atoms with Gasteiger partial charge in [-0.25, -0.2) is 0 Å². The molecule has 1 saturated carbocycles. The summed E-state index contributed by atoms with van der Waals surface area (Å²) >= 11 is 0. The molecule has 0 aromatic heterocycles. The fourth-order valence-electron chi connectivity index (χ4n) is 5.47. The van der Waals surface area contributed by atoms with Gasteiger partial charge in [-0.05, 0) is 32.7 Å². The number of hydrogen-bond donors (Lipinski definition) is 11. The molecule has 0 aromatic carbocycles. The van der Waals surface area contributed by atoms with E-state index in [4.69, 9.17) is 52.4 Å². The van der Waals surface area contributed by atoms with Gasteiger partial charge in [0.1, 0.15) is 54.9 Å². The van der Waals surface area contributed by atoms with Gasteiger partial charge in [0, 0.05) is 19.2 Å². The molecule has 17 heteroatoms. The quantitative estimate of drug-likeness (QED) is 0.0979. The van der Waals surface area contributed by atoms with Gasteiger partial charge in [-0.1, -0.05) is 6.92 Å². The van der Waals surface area contributed by atoms with E-state index in [1.807, 2.05) is 6.92 Å². The highest BCUT2D eigenvalue weighted by Gasteiger charge is 2.53. The van der Waals surface area contributed by atoms with E-state index < -0.39 is 104 Å². The van der Waals surface area contributed by atoms with Crippen LogP contribution in [0.25, 0.3) is 0 Å². The molecule has 0 aromatic rings. The fraction of sp³-hybridized carbons (Fsp3) is 0.960. The molecule has 1 aliphatic carbocycles. The third-order valence-corrected chi connectivity index (χ3v) is 8.05. The van der Waals surface area contributed by atoms with Crippen LogP contribution >= 0.6 is 0 Å². The Labute approximate surface area is 244 Å². The van der Waals surface area contributed by atoms with Crippen LogP contribution in [0.4, 0.5) is 0 Å². The van der Waals surface area contributed by atoms with Crippen LogP contribution in [0.3, 0.4) is 0 Å². The van der Waals surface area contributed by atoms with Crippen LogP contribution in [-0.4, -0.2) is 149 Å². The zero-order valence-corrected chi connectivity index (χ0v) is 24.1. The van der Waals surface area contributed by atoms with E-state index in [1.54, 1.807) is 6.92 Å². The van der Waals surface area contributed by atoms with Crippen LogP contribution in [0.5, 0.6) is 0 Å². The van der Waals surface area contributed by atoms with E-state index in [0.717, 1.165) is 0 Å². The van der Waals surface area contributed by atoms with Gasteiger partial charge in [0.05, 0.1) is 24.2 Å². The average molecular weight is 611 g/mol. The summed E-state index contributed by atoms with van der Waals surface area (Å²) in [6.07, 6.45) is -14.0. The number of carbonyl (C=O) groups excluding carboxylic acids is 1. The van der Waals surface area contributed by atoms with Crippen molar-refractivity contribution in [1.29, 1.82) is 0 Å². The number of carbonyl (C=O) groups is 1. The lowest BCUT2D eigenvalue weighted by atomic mass is 9.83. The number of nitrogens with one attached hydrogen (secondary N) is 1. The standard InChI is InChI=1S/C25H50N6O11/c1-3-6-38-21-11(31-23(37)12(32)4-5-26)7-10(28)20(41-24-15(30)18(35)16(33)13(8-27)40-24)22(21)42-25-19(36)17(34)14(29)9(2)39-25/h9-22,24-25,32-36H,3-8,26-30H2,1-2H3,(H,31,37)/t9-,10+,11-,12+,13-,14-,15-,16-,17+,18-,19-,20-,21+,22+,24-,25+/m1/s1. The molecular formula is C25H50N6O11. The third kappa shape index (κ3) is 7.92. The Kier molecular flexibility index (Phi) is 13.2. The van der Waals surface area contributed by atoms with Crippen molar-refractivity contribution in [3.8, 4) is 0 Å². The van der Waals surface area contributed by atoms with Crippen molar-refractivity contribution < 1.29 is 54.0 Å². The minimum atomic E-state index is -1.56. The van der Waals surface area contributed by atoms with Crippen molar-refractivity contribution in [1.82, 2.24) is 5.32 Å². The zero-order valence-electron chi connectivity index (χ0n) is 24.1. The Balaban J connectivity index is 1.95. The molecule has 3 fully saturated rings. The highest BCUT2D eigenvalue weighted by molar-refractivity contribution is 5.80. The molecule has 2 aliphatic heterocycles. The Morgan fingerprint density at radius 2 is 1.57 bits per heavy atom. The van der Waals surface area contributed by atoms with Crippen molar-refractivity contribution in [2.24, 2.45) is 28.7 Å². The van der Waals surface area contributed by atoms with Crippen molar-refractivity contribution in [3.05, 3.63) is 0 Å². The molecule has 3 aliphatic rings. The first-order valence-electron chi connectivity index (χ1n) is 14.5. The molecule has 16 N–H and O–H groups in total. The molecular weight excluding hydrogens is 560 g/mol. The predicted molar refractivity (Wildman–Crippen MR) is 146 cm³/mol. The molecule has 2 saturated heterocycles. The highest BCUT2D eigenvalue weighted by atomic mass is 16.7. The lowest BCUT2D eigenvalue weighted by Gasteiger charge is -2.50. The van der Waals surface area contributed by atoms with Crippen LogP contribution in [0, 0.1) is 0 Å². The third-order valence-electron chi connectivity index (χ3n) is 8.05. The lowest BCUT2D eigenvalue weighted by molar-refractivity contribution is -0.331. The van der Waals surface area contributed by atoms with Crippen molar-refractivity contribution >= 4 is 5.91 Å². The Hall–Kier alpha value is -1.13. The SMILES string of the molecule is CCCO[C@@H]1[C@@H](O[C@@H]2O[C@H](C)[C@@H](N)[C@H](O)[C@H]2O)[C@H](O[C@H]2O[C@H](CN)[C@@H](O)[C@H](O)[C@H]2N)[C@@H](N)C[C@H]1NC(=O)[C@@H](O)CCN. The largest absolute Gasteiger partial charge is 0.388 e. The van der Waals surface area contributed by atoms with E-state index in [-0.39, 0.29) is 32.5 Å². The molecule has 17 nitrogen and oxygen atoms in total. The van der Waals surface area contributed by atoms with Crippen molar-refractivity contribution in [2.45, 2.75) is 131 Å². The van der Waals surface area contributed by atoms with Gasteiger partial charge >= 0.3 is 0 Å². The van der Waals surface area contributed by atoms with Crippen LogP contribution in [0.1, 0.15) is 33.1 Å². The van der Waals surface area contributed by atoms with Gasteiger partial charge in [0.15, 0.2) is 12.6 Å². The van der Waals surface area contributed by atoms with Gasteiger partial charge < -0.3 is 83.2 Å². The first kappa shape index (κ1) is 35.4. The summed E-state index contributed by atoms with van der Waals surface area (Å²) in [7, 11) is 0. The summed E-state index contributed by atoms with van der Waals surface area (Å²) in [6, 6.07) is -3.77. The van der Waals surface area contributed by atoms with E-state index in [0.29, 0.717) is 6.42 Å². The fourth-order valence-corrected chi connectivity index (χ4v) is 5.47. The van der Waals surface area contributed by atoms with E-state index in [9.17, 15) is 30.3 Å². The minimum Gasteiger partial charge on any atom is -0.388 e. The zero-order chi connectivity index (χ0) is 31.3. The van der Waals surface area contributed by atoms with Crippen molar-refractivity contribution in [3.63, 3.8) is 0 Å². The maximum absolute atomic E-state index is 12.8. The van der Waals surface area contributed by atoms with Crippen molar-refractivity contribution in [2.75, 3.05) is 19.7 Å². The van der Waals surface area contributed by atoms with E-state index in [1.165, 1.54) is 0 Å². The number of nitrogens with two attached hydrogens (primary N) is 5. The predicted octanol–water partition coefficient (Wildman–Crippen LogP) is -6.00. The number of ether oxygens (including phenoxy) is 5. The molecule has 246 valence electrons. The second kappa shape index (κ2) is 15.7. The van der Waals surface area contributed by atoms with Gasteiger partial charge in [-0.2, -0.15) is 0 Å². The Morgan fingerprint density at radius 1 is 0.929 bits per heavy atom. The topological polar surface area (TPSA) is 306 Å². The number of hydrogen-bond acceptors (Lipinski definition) is 16. The second-order valence-electron chi connectivity index (χ2n) is 11.2. The lowest BCUT2D eigenvalue weighted by Crippen LogP contribution is -2.70. The molecule has 1 amide bonds. The van der Waals surface area contributed by atoms with E-state index in [2.05, 4.69) is 5.32 Å². The molecule has 0 radical (unpaired) electrons. The molecule has 0 bridgehead atoms. The first-order chi connectivity index (χ1) is 19.9. The Morgan fingerprint density at radius 3 is 2.19 bits per heavy atom. The molecule has 0 unspecified atom stereocenters. The minimum absolute atomic E-state index is 0.0300. The molecule has 16 atom stereocenters. The summed E-state index contributed by atoms with van der Waals surface area (Å²) < 4.78 is 30.1. The molecule has 0 spiro atoms. The number of aliphatic hydroxyl groups is 5. The molecule has 42 heavy (non-hydrogen) atoms. The molecule has 2 heterocycles. The average Bonchev–Trinajstić information content (AvgIpc) is 2.96. The van der Waals surface area contributed by atoms with Crippen LogP contribution in [-0.2, 0) is 28.5 Å². The summed E-state index contributed by atoms with van der Waals surface area (Å²) in [5.74, 6) is -0.689. The van der Waals surface area contributed by atoms with Crippen LogP contribution in [0.2, 0.25) is 0 Å².